The number of aromatic nitrogens is 1. The van der Waals surface area contributed by atoms with Crippen LogP contribution >= 0.6 is 0 Å². The van der Waals surface area contributed by atoms with Gasteiger partial charge in [0.2, 0.25) is 5.91 Å². The number of hydrogen-bond donors (Lipinski definition) is 0. The molecule has 0 unspecified atom stereocenters. The largest absolute Gasteiger partial charge is 0.339 e. The van der Waals surface area contributed by atoms with Gasteiger partial charge in [-0.15, -0.1) is 0 Å². The molecule has 5 nitrogen and oxygen atoms in total. The smallest absolute Gasteiger partial charge is 0.255 e. The lowest BCUT2D eigenvalue weighted by Gasteiger charge is -2.35. The van der Waals surface area contributed by atoms with Gasteiger partial charge < -0.3 is 9.80 Å². The maximum atomic E-state index is 12.6. The van der Waals surface area contributed by atoms with Gasteiger partial charge in [0.15, 0.2) is 0 Å². The van der Waals surface area contributed by atoms with Crippen molar-refractivity contribution in [2.75, 3.05) is 26.2 Å². The monoisotopic (exact) mass is 337 g/mol. The summed E-state index contributed by atoms with van der Waals surface area (Å²) in [6, 6.07) is 13.6. The number of nitrogens with zero attached hydrogens (tertiary/aromatic N) is 3. The summed E-state index contributed by atoms with van der Waals surface area (Å²) < 4.78 is 0. The average Bonchev–Trinajstić information content (AvgIpc) is 2.67. The van der Waals surface area contributed by atoms with Crippen LogP contribution in [0.1, 0.15) is 28.0 Å². The van der Waals surface area contributed by atoms with E-state index in [4.69, 9.17) is 0 Å². The number of piperazine rings is 1. The molecule has 3 rings (SSSR count). The maximum absolute atomic E-state index is 12.6. The molecule has 2 amide bonds. The molecule has 0 atom stereocenters. The Balaban J connectivity index is 1.50. The third-order valence-corrected chi connectivity index (χ3v) is 4.63. The molecule has 1 aliphatic heterocycles. The highest BCUT2D eigenvalue weighted by Crippen LogP contribution is 2.12. The Kier molecular flexibility index (Phi) is 5.43. The molecule has 0 bridgehead atoms. The van der Waals surface area contributed by atoms with Crippen LogP contribution in [0.15, 0.2) is 48.7 Å². The average molecular weight is 337 g/mol. The minimum absolute atomic E-state index is 0.00184. The number of benzene rings is 1. The van der Waals surface area contributed by atoms with E-state index in [-0.39, 0.29) is 11.8 Å². The lowest BCUT2D eigenvalue weighted by molar-refractivity contribution is -0.132. The quantitative estimate of drug-likeness (QED) is 0.860. The Morgan fingerprint density at radius 2 is 1.64 bits per heavy atom. The van der Waals surface area contributed by atoms with E-state index in [1.807, 2.05) is 53.1 Å². The first-order valence-corrected chi connectivity index (χ1v) is 8.68. The van der Waals surface area contributed by atoms with Crippen molar-refractivity contribution in [2.45, 2.75) is 19.8 Å². The number of carbonyl (C=O) groups excluding carboxylic acids is 2. The zero-order valence-corrected chi connectivity index (χ0v) is 14.5. The van der Waals surface area contributed by atoms with Crippen LogP contribution in [0.5, 0.6) is 0 Å². The highest BCUT2D eigenvalue weighted by atomic mass is 16.2. The highest BCUT2D eigenvalue weighted by Gasteiger charge is 2.25. The second kappa shape index (κ2) is 7.92. The Labute approximate surface area is 148 Å². The fourth-order valence-electron chi connectivity index (χ4n) is 3.09. The Morgan fingerprint density at radius 1 is 0.960 bits per heavy atom. The predicted octanol–water partition coefficient (Wildman–Crippen LogP) is 2.31. The van der Waals surface area contributed by atoms with Crippen molar-refractivity contribution in [3.8, 4) is 0 Å². The van der Waals surface area contributed by atoms with Crippen LogP contribution in [0, 0.1) is 6.92 Å². The van der Waals surface area contributed by atoms with Crippen LogP contribution in [0.25, 0.3) is 0 Å². The topological polar surface area (TPSA) is 53.5 Å². The fourth-order valence-corrected chi connectivity index (χ4v) is 3.09. The van der Waals surface area contributed by atoms with Gasteiger partial charge in [-0.2, -0.15) is 0 Å². The highest BCUT2D eigenvalue weighted by molar-refractivity contribution is 5.95. The zero-order chi connectivity index (χ0) is 17.6. The molecule has 5 heteroatoms. The summed E-state index contributed by atoms with van der Waals surface area (Å²) in [4.78, 5) is 32.8. The Bertz CT molecular complexity index is 738. The molecular weight excluding hydrogens is 314 g/mol. The van der Waals surface area contributed by atoms with Crippen molar-refractivity contribution in [2.24, 2.45) is 0 Å². The van der Waals surface area contributed by atoms with E-state index in [2.05, 4.69) is 4.98 Å². The zero-order valence-electron chi connectivity index (χ0n) is 14.5. The first-order valence-electron chi connectivity index (χ1n) is 8.68. The van der Waals surface area contributed by atoms with Crippen molar-refractivity contribution in [3.63, 3.8) is 0 Å². The molecule has 1 fully saturated rings. The molecule has 0 radical (unpaired) electrons. The molecule has 0 aliphatic carbocycles. The normalized spacial score (nSPS) is 14.4. The summed E-state index contributed by atoms with van der Waals surface area (Å²) >= 11 is 0. The Hall–Kier alpha value is -2.69. The van der Waals surface area contributed by atoms with Gasteiger partial charge in [-0.3, -0.25) is 14.6 Å². The SMILES string of the molecule is Cc1ncccc1C(=O)N1CCN(C(=O)CCc2ccccc2)CC1. The van der Waals surface area contributed by atoms with Gasteiger partial charge in [-0.05, 0) is 31.0 Å². The molecule has 0 spiro atoms. The van der Waals surface area contributed by atoms with Gasteiger partial charge >= 0.3 is 0 Å². The van der Waals surface area contributed by atoms with Crippen molar-refractivity contribution in [1.29, 1.82) is 0 Å². The van der Waals surface area contributed by atoms with E-state index in [9.17, 15) is 9.59 Å². The number of amides is 2. The van der Waals surface area contributed by atoms with Gasteiger partial charge in [0.25, 0.3) is 5.91 Å². The van der Waals surface area contributed by atoms with Crippen molar-refractivity contribution in [1.82, 2.24) is 14.8 Å². The van der Waals surface area contributed by atoms with E-state index < -0.39 is 0 Å². The molecule has 2 heterocycles. The standard InChI is InChI=1S/C20H23N3O2/c1-16-18(8-5-11-21-16)20(25)23-14-12-22(13-15-23)19(24)10-9-17-6-3-2-4-7-17/h2-8,11H,9-10,12-15H2,1H3. The third-order valence-electron chi connectivity index (χ3n) is 4.63. The summed E-state index contributed by atoms with van der Waals surface area (Å²) in [6.07, 6.45) is 2.96. The van der Waals surface area contributed by atoms with Gasteiger partial charge in [0, 0.05) is 44.5 Å². The van der Waals surface area contributed by atoms with Crippen LogP contribution in [0.3, 0.4) is 0 Å². The van der Waals surface area contributed by atoms with Gasteiger partial charge in [0.1, 0.15) is 0 Å². The fraction of sp³-hybridized carbons (Fsp3) is 0.350. The molecule has 0 N–H and O–H groups in total. The molecule has 25 heavy (non-hydrogen) atoms. The van der Waals surface area contributed by atoms with E-state index in [0.29, 0.717) is 38.2 Å². The van der Waals surface area contributed by atoms with Crippen molar-refractivity contribution in [3.05, 3.63) is 65.5 Å². The van der Waals surface area contributed by atoms with E-state index >= 15 is 0 Å². The molecule has 1 aromatic carbocycles. The number of aryl methyl sites for hydroxylation is 2. The minimum atomic E-state index is 0.00184. The van der Waals surface area contributed by atoms with Crippen molar-refractivity contribution >= 4 is 11.8 Å². The van der Waals surface area contributed by atoms with E-state index in [1.165, 1.54) is 5.56 Å². The number of rotatable bonds is 4. The van der Waals surface area contributed by atoms with Crippen LogP contribution in [0.2, 0.25) is 0 Å². The maximum Gasteiger partial charge on any atom is 0.255 e. The van der Waals surface area contributed by atoms with Crippen LogP contribution in [-0.2, 0) is 11.2 Å². The Morgan fingerprint density at radius 3 is 2.32 bits per heavy atom. The molecule has 1 saturated heterocycles. The first-order chi connectivity index (χ1) is 12.1. The van der Waals surface area contributed by atoms with Gasteiger partial charge in [0.05, 0.1) is 5.56 Å². The molecular formula is C20H23N3O2. The van der Waals surface area contributed by atoms with Crippen LogP contribution in [0.4, 0.5) is 0 Å². The third kappa shape index (κ3) is 4.24. The summed E-state index contributed by atoms with van der Waals surface area (Å²) in [5, 5.41) is 0. The summed E-state index contributed by atoms with van der Waals surface area (Å²) in [5.74, 6) is 0.162. The predicted molar refractivity (Wildman–Crippen MR) is 96.2 cm³/mol. The van der Waals surface area contributed by atoms with Crippen molar-refractivity contribution < 1.29 is 9.59 Å². The van der Waals surface area contributed by atoms with Crippen LogP contribution < -0.4 is 0 Å². The second-order valence-corrected chi connectivity index (χ2v) is 6.29. The number of pyridine rings is 1. The van der Waals surface area contributed by atoms with Gasteiger partial charge in [-0.1, -0.05) is 30.3 Å². The lowest BCUT2D eigenvalue weighted by atomic mass is 10.1. The van der Waals surface area contributed by atoms with Gasteiger partial charge in [-0.25, -0.2) is 0 Å². The minimum Gasteiger partial charge on any atom is -0.339 e. The molecule has 2 aromatic rings. The summed E-state index contributed by atoms with van der Waals surface area (Å²) in [5.41, 5.74) is 2.57. The van der Waals surface area contributed by atoms with E-state index in [1.54, 1.807) is 12.3 Å². The summed E-state index contributed by atoms with van der Waals surface area (Å²) in [6.45, 7) is 4.18. The lowest BCUT2D eigenvalue weighted by Crippen LogP contribution is -2.50. The van der Waals surface area contributed by atoms with Crippen LogP contribution in [-0.4, -0.2) is 52.8 Å². The molecule has 0 saturated carbocycles. The molecule has 1 aliphatic rings. The second-order valence-electron chi connectivity index (χ2n) is 6.29. The molecule has 130 valence electrons. The van der Waals surface area contributed by atoms with E-state index in [0.717, 1.165) is 12.1 Å². The summed E-state index contributed by atoms with van der Waals surface area (Å²) in [7, 11) is 0. The number of hydrogen-bond acceptors (Lipinski definition) is 3. The number of carbonyl (C=O) groups is 2. The first kappa shape index (κ1) is 17.1. The molecule has 1 aromatic heterocycles.